The van der Waals surface area contributed by atoms with Gasteiger partial charge in [0, 0.05) is 25.2 Å². The van der Waals surface area contributed by atoms with Gasteiger partial charge in [-0.25, -0.2) is 0 Å². The fraction of sp³-hybridized carbons (Fsp3) is 0.714. The van der Waals surface area contributed by atoms with Gasteiger partial charge < -0.3 is 4.74 Å². The quantitative estimate of drug-likeness (QED) is 0.671. The summed E-state index contributed by atoms with van der Waals surface area (Å²) in [4.78, 5) is 23.7. The van der Waals surface area contributed by atoms with Crippen LogP contribution in [0.5, 0.6) is 0 Å². The minimum Gasteiger partial charge on any atom is -0.462 e. The second-order valence-corrected chi connectivity index (χ2v) is 8.77. The first kappa shape index (κ1) is 16.1. The van der Waals surface area contributed by atoms with Crippen LogP contribution in [0.1, 0.15) is 65.7 Å². The van der Waals surface area contributed by atoms with E-state index in [4.69, 9.17) is 4.74 Å². The predicted molar refractivity (Wildman–Crippen MR) is 92.2 cm³/mol. The van der Waals surface area contributed by atoms with Crippen LogP contribution < -0.4 is 0 Å². The number of carbonyl (C=O) groups is 2. The van der Waals surface area contributed by atoms with Crippen molar-refractivity contribution < 1.29 is 14.3 Å². The van der Waals surface area contributed by atoms with E-state index in [0.29, 0.717) is 17.6 Å². The summed E-state index contributed by atoms with van der Waals surface area (Å²) in [6.45, 7) is 6.10. The highest BCUT2D eigenvalue weighted by Crippen LogP contribution is 2.62. The van der Waals surface area contributed by atoms with Crippen molar-refractivity contribution in [3.05, 3.63) is 23.3 Å². The Morgan fingerprint density at radius 2 is 1.79 bits per heavy atom. The average molecular weight is 328 g/mol. The molecule has 130 valence electrons. The molecule has 0 spiro atoms. The van der Waals surface area contributed by atoms with Gasteiger partial charge in [-0.1, -0.05) is 37.1 Å². The van der Waals surface area contributed by atoms with Crippen molar-refractivity contribution in [1.29, 1.82) is 0 Å². The number of hydrogen-bond donors (Lipinski definition) is 0. The maximum absolute atomic E-state index is 12.4. The molecule has 4 aliphatic rings. The Balaban J connectivity index is 1.65. The summed E-state index contributed by atoms with van der Waals surface area (Å²) >= 11 is 0. The minimum atomic E-state index is -0.172. The Labute approximate surface area is 144 Å². The molecule has 3 saturated carbocycles. The van der Waals surface area contributed by atoms with E-state index in [1.165, 1.54) is 18.1 Å². The van der Waals surface area contributed by atoms with Crippen LogP contribution in [-0.4, -0.2) is 17.9 Å². The summed E-state index contributed by atoms with van der Waals surface area (Å²) in [6, 6.07) is 0. The molecule has 0 saturated heterocycles. The molecule has 3 fully saturated rings. The molecule has 0 radical (unpaired) electrons. The Kier molecular flexibility index (Phi) is 3.56. The molecule has 0 N–H and O–H groups in total. The van der Waals surface area contributed by atoms with Gasteiger partial charge in [-0.2, -0.15) is 0 Å². The van der Waals surface area contributed by atoms with Gasteiger partial charge in [0.15, 0.2) is 0 Å². The monoisotopic (exact) mass is 328 g/mol. The Hall–Kier alpha value is -1.38. The lowest BCUT2D eigenvalue weighted by Gasteiger charge is -2.53. The van der Waals surface area contributed by atoms with E-state index in [9.17, 15) is 9.59 Å². The van der Waals surface area contributed by atoms with Gasteiger partial charge in [-0.3, -0.25) is 9.59 Å². The van der Waals surface area contributed by atoms with Crippen molar-refractivity contribution >= 4 is 11.8 Å². The lowest BCUT2D eigenvalue weighted by Crippen LogP contribution is -2.46. The van der Waals surface area contributed by atoms with Crippen LogP contribution in [0.4, 0.5) is 0 Å². The van der Waals surface area contributed by atoms with E-state index >= 15 is 0 Å². The number of hydrogen-bond acceptors (Lipinski definition) is 3. The van der Waals surface area contributed by atoms with E-state index in [-0.39, 0.29) is 22.9 Å². The molecule has 0 aliphatic heterocycles. The highest BCUT2D eigenvalue weighted by atomic mass is 16.5. The molecule has 24 heavy (non-hydrogen) atoms. The van der Waals surface area contributed by atoms with Gasteiger partial charge in [0.25, 0.3) is 0 Å². The molecule has 3 heteroatoms. The Morgan fingerprint density at radius 3 is 2.54 bits per heavy atom. The fourth-order valence-electron chi connectivity index (χ4n) is 6.08. The van der Waals surface area contributed by atoms with Crippen LogP contribution in [0.2, 0.25) is 0 Å². The summed E-state index contributed by atoms with van der Waals surface area (Å²) in [5.41, 5.74) is 3.06. The highest BCUT2D eigenvalue weighted by Gasteiger charge is 2.56. The summed E-state index contributed by atoms with van der Waals surface area (Å²) in [7, 11) is 0. The fourth-order valence-corrected chi connectivity index (χ4v) is 6.08. The summed E-state index contributed by atoms with van der Waals surface area (Å²) in [5, 5.41) is 0. The average Bonchev–Trinajstić information content (AvgIpc) is 2.83. The topological polar surface area (TPSA) is 43.4 Å². The van der Waals surface area contributed by atoms with E-state index in [2.05, 4.69) is 26.0 Å². The number of fused-ring (bicyclic) bond motifs is 5. The third-order valence-electron chi connectivity index (χ3n) is 7.57. The van der Waals surface area contributed by atoms with Crippen LogP contribution in [0, 0.1) is 22.7 Å². The van der Waals surface area contributed by atoms with Gasteiger partial charge in [0.1, 0.15) is 11.9 Å². The van der Waals surface area contributed by atoms with Crippen molar-refractivity contribution in [2.45, 2.75) is 71.8 Å². The molecule has 0 aromatic heterocycles. The molecule has 4 aliphatic carbocycles. The Bertz CT molecular complexity index is 658. The molecular formula is C21H28O3. The lowest BCUT2D eigenvalue weighted by atomic mass is 9.51. The van der Waals surface area contributed by atoms with Crippen molar-refractivity contribution in [1.82, 2.24) is 0 Å². The molecule has 0 aromatic carbocycles. The number of ether oxygens (including phenoxy) is 1. The number of Topliss-reactive ketones (excluding diaryl/α,β-unsaturated/α-hetero) is 1. The largest absolute Gasteiger partial charge is 0.462 e. The summed E-state index contributed by atoms with van der Waals surface area (Å²) in [5.74, 6) is 1.32. The van der Waals surface area contributed by atoms with Crippen molar-refractivity contribution in [3.8, 4) is 0 Å². The molecular weight excluding hydrogens is 300 g/mol. The van der Waals surface area contributed by atoms with Gasteiger partial charge in [-0.05, 0) is 49.4 Å². The highest BCUT2D eigenvalue weighted by molar-refractivity contribution is 5.88. The Morgan fingerprint density at radius 1 is 1.08 bits per heavy atom. The summed E-state index contributed by atoms with van der Waals surface area (Å²) in [6.07, 6.45) is 11.5. The SMILES string of the molecule is CC(=O)O[C@H]1CC[C@@]2(C)C(=CC=C3[C@@H]2CC[C@]2(C)C(=O)CC[C@@H]32)C1. The number of esters is 1. The van der Waals surface area contributed by atoms with Crippen molar-refractivity contribution in [3.63, 3.8) is 0 Å². The predicted octanol–water partition coefficient (Wildman–Crippen LogP) is 4.37. The molecule has 4 rings (SSSR count). The van der Waals surface area contributed by atoms with Gasteiger partial charge in [0.05, 0.1) is 0 Å². The summed E-state index contributed by atoms with van der Waals surface area (Å²) < 4.78 is 5.48. The standard InChI is InChI=1S/C21H28O3/c1-13(22)24-15-8-10-20(2)14(12-15)4-5-16-17-6-7-19(23)21(17,3)11-9-18(16)20/h4-5,15,17-18H,6-12H2,1-3H3/t15-,17-,18-,20-,21-/m0/s1. The molecule has 0 amide bonds. The van der Waals surface area contributed by atoms with Gasteiger partial charge in [0.2, 0.25) is 0 Å². The van der Waals surface area contributed by atoms with E-state index < -0.39 is 0 Å². The van der Waals surface area contributed by atoms with E-state index in [1.807, 2.05) is 0 Å². The van der Waals surface area contributed by atoms with E-state index in [1.54, 1.807) is 0 Å². The van der Waals surface area contributed by atoms with E-state index in [0.717, 1.165) is 44.9 Å². The maximum Gasteiger partial charge on any atom is 0.302 e. The van der Waals surface area contributed by atoms with Crippen LogP contribution in [0.15, 0.2) is 23.3 Å². The lowest BCUT2D eigenvalue weighted by molar-refractivity contribution is -0.148. The third-order valence-corrected chi connectivity index (χ3v) is 7.57. The maximum atomic E-state index is 12.4. The molecule has 0 unspecified atom stereocenters. The van der Waals surface area contributed by atoms with Gasteiger partial charge >= 0.3 is 5.97 Å². The van der Waals surface area contributed by atoms with Gasteiger partial charge in [-0.15, -0.1) is 0 Å². The molecule has 5 atom stereocenters. The normalized spacial score (nSPS) is 44.0. The van der Waals surface area contributed by atoms with Crippen LogP contribution in [0.25, 0.3) is 0 Å². The number of allylic oxidation sites excluding steroid dienone is 3. The minimum absolute atomic E-state index is 0.0405. The smallest absolute Gasteiger partial charge is 0.302 e. The van der Waals surface area contributed by atoms with Crippen molar-refractivity contribution in [2.24, 2.45) is 22.7 Å². The zero-order valence-corrected chi connectivity index (χ0v) is 15.1. The number of ketones is 1. The van der Waals surface area contributed by atoms with Crippen LogP contribution in [0.3, 0.4) is 0 Å². The number of carbonyl (C=O) groups excluding carboxylic acids is 2. The first-order valence-electron chi connectivity index (χ1n) is 9.46. The number of rotatable bonds is 1. The third kappa shape index (κ3) is 2.16. The molecule has 0 aromatic rings. The first-order valence-corrected chi connectivity index (χ1v) is 9.46. The second-order valence-electron chi connectivity index (χ2n) is 8.77. The molecule has 0 bridgehead atoms. The first-order chi connectivity index (χ1) is 11.3. The zero-order valence-electron chi connectivity index (χ0n) is 15.1. The van der Waals surface area contributed by atoms with Crippen LogP contribution in [-0.2, 0) is 14.3 Å². The zero-order chi connectivity index (χ0) is 17.1. The second kappa shape index (κ2) is 5.31. The van der Waals surface area contributed by atoms with Crippen LogP contribution >= 0.6 is 0 Å². The van der Waals surface area contributed by atoms with Crippen molar-refractivity contribution in [2.75, 3.05) is 0 Å². The molecule has 0 heterocycles. The molecule has 3 nitrogen and oxygen atoms in total.